The van der Waals surface area contributed by atoms with E-state index in [-0.39, 0.29) is 19.8 Å². The molecule has 0 radical (unpaired) electrons. The predicted molar refractivity (Wildman–Crippen MR) is 95.6 cm³/mol. The maximum atomic E-state index is 11.0. The maximum Gasteiger partial charge on any atom is 0.208 e. The average molecular weight is 349 g/mol. The van der Waals surface area contributed by atoms with Crippen molar-refractivity contribution in [1.82, 2.24) is 4.72 Å². The van der Waals surface area contributed by atoms with E-state index in [0.717, 1.165) is 34.1 Å². The Balaban J connectivity index is 2.16. The third-order valence-corrected chi connectivity index (χ3v) is 4.37. The van der Waals surface area contributed by atoms with E-state index in [1.165, 1.54) is 0 Å². The fourth-order valence-electron chi connectivity index (χ4n) is 2.68. The third-order valence-electron chi connectivity index (χ3n) is 3.64. The van der Waals surface area contributed by atoms with Crippen molar-refractivity contribution in [3.63, 3.8) is 0 Å². The Kier molecular flexibility index (Phi) is 5.99. The molecule has 2 aromatic carbocycles. The lowest BCUT2D eigenvalue weighted by molar-refractivity contribution is 0.282. The maximum absolute atomic E-state index is 11.0. The van der Waals surface area contributed by atoms with Crippen LogP contribution in [-0.2, 0) is 16.6 Å². The molecule has 5 nitrogen and oxygen atoms in total. The minimum Gasteiger partial charge on any atom is -0.492 e. The lowest BCUT2D eigenvalue weighted by atomic mass is 9.94. The Morgan fingerprint density at radius 3 is 2.38 bits per heavy atom. The van der Waals surface area contributed by atoms with Crippen LogP contribution >= 0.6 is 0 Å². The van der Waals surface area contributed by atoms with Gasteiger partial charge in [0.05, 0.1) is 12.9 Å². The van der Waals surface area contributed by atoms with Crippen molar-refractivity contribution in [2.24, 2.45) is 0 Å². The number of aliphatic hydroxyl groups excluding tert-OH is 1. The molecule has 0 heterocycles. The summed E-state index contributed by atoms with van der Waals surface area (Å²) in [6.45, 7) is 4.54. The van der Waals surface area contributed by atoms with E-state index in [0.29, 0.717) is 5.75 Å². The van der Waals surface area contributed by atoms with E-state index < -0.39 is 10.0 Å². The van der Waals surface area contributed by atoms with Crippen LogP contribution < -0.4 is 9.46 Å². The molecule has 0 bridgehead atoms. The Morgan fingerprint density at radius 2 is 1.79 bits per heavy atom. The minimum absolute atomic E-state index is 0.0144. The number of aliphatic hydroxyl groups is 1. The van der Waals surface area contributed by atoms with Crippen molar-refractivity contribution in [3.05, 3.63) is 53.1 Å². The minimum atomic E-state index is -3.19. The van der Waals surface area contributed by atoms with Gasteiger partial charge in [0.2, 0.25) is 10.0 Å². The standard InChI is InChI=1S/C18H23NO4S/c1-13-9-17(23-8-7-19-24(3,21)22)10-14(2)18(13)16-6-4-5-15(11-16)12-20/h4-6,9-11,19-20H,7-8,12H2,1-3H3. The molecular weight excluding hydrogens is 326 g/mol. The molecule has 0 aliphatic heterocycles. The van der Waals surface area contributed by atoms with Crippen molar-refractivity contribution in [3.8, 4) is 16.9 Å². The largest absolute Gasteiger partial charge is 0.492 e. The van der Waals surface area contributed by atoms with Gasteiger partial charge in [-0.3, -0.25) is 0 Å². The Hall–Kier alpha value is -1.89. The molecule has 2 aromatic rings. The fourth-order valence-corrected chi connectivity index (χ4v) is 3.14. The molecule has 0 amide bonds. The van der Waals surface area contributed by atoms with Gasteiger partial charge in [0.1, 0.15) is 12.4 Å². The summed E-state index contributed by atoms with van der Waals surface area (Å²) in [5.41, 5.74) is 5.18. The number of hydrogen-bond acceptors (Lipinski definition) is 4. The first-order valence-corrected chi connectivity index (χ1v) is 9.58. The molecule has 6 heteroatoms. The molecule has 130 valence electrons. The number of rotatable bonds is 7. The van der Waals surface area contributed by atoms with E-state index in [1.54, 1.807) is 0 Å². The first kappa shape index (κ1) is 18.4. The van der Waals surface area contributed by atoms with Crippen LogP contribution in [0.1, 0.15) is 16.7 Å². The summed E-state index contributed by atoms with van der Waals surface area (Å²) in [4.78, 5) is 0. The molecule has 0 unspecified atom stereocenters. The zero-order valence-corrected chi connectivity index (χ0v) is 15.0. The zero-order valence-electron chi connectivity index (χ0n) is 14.2. The SMILES string of the molecule is Cc1cc(OCCNS(C)(=O)=O)cc(C)c1-c1cccc(CO)c1. The summed E-state index contributed by atoms with van der Waals surface area (Å²) >= 11 is 0. The van der Waals surface area contributed by atoms with Gasteiger partial charge in [-0.1, -0.05) is 18.2 Å². The van der Waals surface area contributed by atoms with Gasteiger partial charge in [-0.2, -0.15) is 0 Å². The van der Waals surface area contributed by atoms with Crippen LogP contribution in [0.2, 0.25) is 0 Å². The fraction of sp³-hybridized carbons (Fsp3) is 0.333. The summed E-state index contributed by atoms with van der Waals surface area (Å²) in [7, 11) is -3.19. The highest BCUT2D eigenvalue weighted by atomic mass is 32.2. The lowest BCUT2D eigenvalue weighted by Crippen LogP contribution is -2.26. The molecule has 0 saturated carbocycles. The Morgan fingerprint density at radius 1 is 1.12 bits per heavy atom. The summed E-state index contributed by atoms with van der Waals surface area (Å²) in [5.74, 6) is 0.711. The van der Waals surface area contributed by atoms with Gasteiger partial charge in [0, 0.05) is 6.54 Å². The molecule has 0 spiro atoms. The normalized spacial score (nSPS) is 11.5. The number of nitrogens with one attached hydrogen (secondary N) is 1. The molecule has 0 saturated heterocycles. The van der Waals surface area contributed by atoms with E-state index in [2.05, 4.69) is 4.72 Å². The smallest absolute Gasteiger partial charge is 0.208 e. The highest BCUT2D eigenvalue weighted by Gasteiger charge is 2.09. The van der Waals surface area contributed by atoms with E-state index >= 15 is 0 Å². The van der Waals surface area contributed by atoms with Crippen LogP contribution in [0.15, 0.2) is 36.4 Å². The number of ether oxygens (including phenoxy) is 1. The van der Waals surface area contributed by atoms with E-state index in [4.69, 9.17) is 4.74 Å². The van der Waals surface area contributed by atoms with Gasteiger partial charge < -0.3 is 9.84 Å². The van der Waals surface area contributed by atoms with Gasteiger partial charge in [0.15, 0.2) is 0 Å². The van der Waals surface area contributed by atoms with E-state index in [9.17, 15) is 13.5 Å². The first-order chi connectivity index (χ1) is 11.3. The molecule has 0 atom stereocenters. The Bertz CT molecular complexity index is 793. The average Bonchev–Trinajstić information content (AvgIpc) is 2.50. The quantitative estimate of drug-likeness (QED) is 0.753. The summed E-state index contributed by atoms with van der Waals surface area (Å²) in [6, 6.07) is 11.7. The lowest BCUT2D eigenvalue weighted by Gasteiger charge is -2.14. The summed E-state index contributed by atoms with van der Waals surface area (Å²) in [5, 5.41) is 9.30. The van der Waals surface area contributed by atoms with Gasteiger partial charge >= 0.3 is 0 Å². The van der Waals surface area contributed by atoms with Crippen LogP contribution in [0.5, 0.6) is 5.75 Å². The van der Waals surface area contributed by atoms with Crippen molar-refractivity contribution >= 4 is 10.0 Å². The van der Waals surface area contributed by atoms with Crippen LogP contribution in [0.25, 0.3) is 11.1 Å². The molecular formula is C18H23NO4S. The van der Waals surface area contributed by atoms with Crippen molar-refractivity contribution in [2.45, 2.75) is 20.5 Å². The van der Waals surface area contributed by atoms with Crippen LogP contribution in [0, 0.1) is 13.8 Å². The molecule has 0 aliphatic carbocycles. The van der Waals surface area contributed by atoms with Crippen LogP contribution in [0.4, 0.5) is 0 Å². The van der Waals surface area contributed by atoms with Crippen molar-refractivity contribution in [1.29, 1.82) is 0 Å². The highest BCUT2D eigenvalue weighted by molar-refractivity contribution is 7.88. The second-order valence-electron chi connectivity index (χ2n) is 5.81. The van der Waals surface area contributed by atoms with Crippen molar-refractivity contribution in [2.75, 3.05) is 19.4 Å². The highest BCUT2D eigenvalue weighted by Crippen LogP contribution is 2.31. The molecule has 0 aromatic heterocycles. The van der Waals surface area contributed by atoms with Crippen LogP contribution in [-0.4, -0.2) is 32.9 Å². The monoisotopic (exact) mass is 349 g/mol. The molecule has 0 fully saturated rings. The van der Waals surface area contributed by atoms with Gasteiger partial charge in [-0.05, 0) is 59.9 Å². The summed E-state index contributed by atoms with van der Waals surface area (Å²) in [6.07, 6.45) is 1.12. The number of aryl methyl sites for hydroxylation is 2. The topological polar surface area (TPSA) is 75.6 Å². The third kappa shape index (κ3) is 5.06. The molecule has 24 heavy (non-hydrogen) atoms. The zero-order chi connectivity index (χ0) is 17.7. The molecule has 0 aliphatic rings. The molecule has 2 N–H and O–H groups in total. The second kappa shape index (κ2) is 7.79. The number of hydrogen-bond donors (Lipinski definition) is 2. The van der Waals surface area contributed by atoms with Crippen LogP contribution in [0.3, 0.4) is 0 Å². The second-order valence-corrected chi connectivity index (χ2v) is 7.64. The van der Waals surface area contributed by atoms with Gasteiger partial charge in [-0.25, -0.2) is 13.1 Å². The van der Waals surface area contributed by atoms with Crippen molar-refractivity contribution < 1.29 is 18.3 Å². The first-order valence-electron chi connectivity index (χ1n) is 7.69. The number of benzene rings is 2. The number of sulfonamides is 1. The predicted octanol–water partition coefficient (Wildman–Crippen LogP) is 2.39. The summed E-state index contributed by atoms with van der Waals surface area (Å²) < 4.78 is 30.1. The molecule has 2 rings (SSSR count). The van der Waals surface area contributed by atoms with E-state index in [1.807, 2.05) is 50.2 Å². The van der Waals surface area contributed by atoms with Gasteiger partial charge in [0.25, 0.3) is 0 Å². The van der Waals surface area contributed by atoms with Gasteiger partial charge in [-0.15, -0.1) is 0 Å². The Labute approximate surface area is 143 Å².